The van der Waals surface area contributed by atoms with Crippen molar-refractivity contribution in [1.82, 2.24) is 0 Å². The first-order valence-electron chi connectivity index (χ1n) is 6.93. The van der Waals surface area contributed by atoms with Gasteiger partial charge >= 0.3 is 0 Å². The van der Waals surface area contributed by atoms with E-state index in [2.05, 4.69) is 103 Å². The number of anilines is 2. The molecule has 20 heavy (non-hydrogen) atoms. The number of hydrogen-bond acceptors (Lipinski definition) is 1. The normalized spacial score (nSPS) is 11.5. The Morgan fingerprint density at radius 2 is 1.50 bits per heavy atom. The Morgan fingerprint density at radius 3 is 2.00 bits per heavy atom. The number of aryl methyl sites for hydroxylation is 2. The van der Waals surface area contributed by atoms with Crippen molar-refractivity contribution in [2.75, 3.05) is 3.11 Å². The zero-order valence-corrected chi connectivity index (χ0v) is 15.0. The van der Waals surface area contributed by atoms with Gasteiger partial charge in [0.25, 0.3) is 0 Å². The van der Waals surface area contributed by atoms with Crippen LogP contribution in [0.5, 0.6) is 0 Å². The Bertz CT molecular complexity index is 594. The van der Waals surface area contributed by atoms with Crippen LogP contribution >= 0.6 is 22.9 Å². The Balaban J connectivity index is 2.31. The van der Waals surface area contributed by atoms with Crippen molar-refractivity contribution in [1.29, 1.82) is 0 Å². The number of hydrogen-bond donors (Lipinski definition) is 0. The van der Waals surface area contributed by atoms with Crippen molar-refractivity contribution in [2.24, 2.45) is 0 Å². The molecule has 0 unspecified atom stereocenters. The lowest BCUT2D eigenvalue weighted by atomic mass is 9.87. The molecule has 0 saturated heterocycles. The second kappa shape index (κ2) is 5.76. The number of nitrogens with zero attached hydrogens (tertiary/aromatic N) is 1. The molecule has 0 aliphatic carbocycles. The van der Waals surface area contributed by atoms with Gasteiger partial charge in [0.05, 0.1) is 34.2 Å². The summed E-state index contributed by atoms with van der Waals surface area (Å²) >= 11 is 2.38. The van der Waals surface area contributed by atoms with E-state index in [-0.39, 0.29) is 5.41 Å². The van der Waals surface area contributed by atoms with Crippen molar-refractivity contribution in [2.45, 2.75) is 40.0 Å². The van der Waals surface area contributed by atoms with Crippen molar-refractivity contribution >= 4 is 34.2 Å². The van der Waals surface area contributed by atoms with E-state index in [1.165, 1.54) is 28.1 Å². The Hall–Kier alpha value is -1.03. The third-order valence-corrected chi connectivity index (χ3v) is 4.60. The van der Waals surface area contributed by atoms with Crippen molar-refractivity contribution in [3.63, 3.8) is 0 Å². The molecule has 0 aliphatic heterocycles. The second-order valence-corrected chi connectivity index (χ2v) is 7.33. The summed E-state index contributed by atoms with van der Waals surface area (Å²) in [6, 6.07) is 15.4. The van der Waals surface area contributed by atoms with Crippen LogP contribution in [0, 0.1) is 13.8 Å². The van der Waals surface area contributed by atoms with Gasteiger partial charge in [-0.05, 0) is 48.6 Å². The highest BCUT2D eigenvalue weighted by molar-refractivity contribution is 14.1. The van der Waals surface area contributed by atoms with Crippen LogP contribution in [0.4, 0.5) is 11.4 Å². The molecule has 0 aromatic heterocycles. The van der Waals surface area contributed by atoms with Crippen LogP contribution in [-0.2, 0) is 5.41 Å². The van der Waals surface area contributed by atoms with Crippen molar-refractivity contribution < 1.29 is 0 Å². The molecule has 0 saturated carbocycles. The summed E-state index contributed by atoms with van der Waals surface area (Å²) in [5.41, 5.74) is 6.64. The summed E-state index contributed by atoms with van der Waals surface area (Å²) < 4.78 is 2.22. The molecule has 0 atom stereocenters. The number of benzene rings is 2. The molecule has 0 fully saturated rings. The highest BCUT2D eigenvalue weighted by Gasteiger charge is 2.14. The summed E-state index contributed by atoms with van der Waals surface area (Å²) in [7, 11) is 0. The average molecular weight is 379 g/mol. The van der Waals surface area contributed by atoms with E-state index in [0.717, 1.165) is 0 Å². The monoisotopic (exact) mass is 379 g/mol. The first-order chi connectivity index (χ1) is 9.29. The summed E-state index contributed by atoms with van der Waals surface area (Å²) in [6.45, 7) is 11.0. The molecular formula is C18H22IN. The topological polar surface area (TPSA) is 3.24 Å². The van der Waals surface area contributed by atoms with E-state index in [1.807, 2.05) is 0 Å². The highest BCUT2D eigenvalue weighted by Crippen LogP contribution is 2.33. The van der Waals surface area contributed by atoms with Gasteiger partial charge in [-0.3, -0.25) is 3.11 Å². The van der Waals surface area contributed by atoms with E-state index in [1.54, 1.807) is 0 Å². The molecule has 0 aliphatic rings. The second-order valence-electron chi connectivity index (χ2n) is 6.37. The fourth-order valence-corrected chi connectivity index (χ4v) is 3.12. The average Bonchev–Trinajstić information content (AvgIpc) is 2.37. The van der Waals surface area contributed by atoms with Gasteiger partial charge in [-0.15, -0.1) is 0 Å². The van der Waals surface area contributed by atoms with Gasteiger partial charge in [-0.25, -0.2) is 0 Å². The maximum atomic E-state index is 2.38. The molecule has 0 N–H and O–H groups in total. The molecule has 0 radical (unpaired) electrons. The quantitative estimate of drug-likeness (QED) is 0.451. The van der Waals surface area contributed by atoms with Gasteiger partial charge < -0.3 is 0 Å². The van der Waals surface area contributed by atoms with Crippen LogP contribution in [0.3, 0.4) is 0 Å². The maximum Gasteiger partial charge on any atom is 0.0646 e. The predicted octanol–water partition coefficient (Wildman–Crippen LogP) is 6.09. The molecule has 2 rings (SSSR count). The third-order valence-electron chi connectivity index (χ3n) is 3.52. The van der Waals surface area contributed by atoms with Crippen molar-refractivity contribution in [3.8, 4) is 0 Å². The fourth-order valence-electron chi connectivity index (χ4n) is 2.26. The van der Waals surface area contributed by atoms with Crippen LogP contribution in [0.1, 0.15) is 37.5 Å². The van der Waals surface area contributed by atoms with Gasteiger partial charge in [0.1, 0.15) is 0 Å². The largest absolute Gasteiger partial charge is 0.283 e. The van der Waals surface area contributed by atoms with Gasteiger partial charge in [-0.2, -0.15) is 0 Å². The van der Waals surface area contributed by atoms with Crippen LogP contribution in [0.25, 0.3) is 0 Å². The lowest BCUT2D eigenvalue weighted by Gasteiger charge is -2.22. The molecule has 1 nitrogen and oxygen atoms in total. The van der Waals surface area contributed by atoms with Crippen LogP contribution < -0.4 is 3.11 Å². The molecule has 0 heterocycles. The summed E-state index contributed by atoms with van der Waals surface area (Å²) in [6.07, 6.45) is 0. The first kappa shape index (κ1) is 15.4. The van der Waals surface area contributed by atoms with E-state index in [4.69, 9.17) is 0 Å². The standard InChI is InChI=1S/C18H22IN/c1-13-6-11-17(14(2)12-13)20(19)16-9-7-15(8-10-16)18(3,4)5/h6-12H,1-5H3. The smallest absolute Gasteiger partial charge is 0.0646 e. The molecule has 0 spiro atoms. The fraction of sp³-hybridized carbons (Fsp3) is 0.333. The molecule has 106 valence electrons. The van der Waals surface area contributed by atoms with Crippen LogP contribution in [0.15, 0.2) is 42.5 Å². The number of rotatable bonds is 2. The lowest BCUT2D eigenvalue weighted by Crippen LogP contribution is -2.11. The predicted molar refractivity (Wildman–Crippen MR) is 97.2 cm³/mol. The minimum atomic E-state index is 0.203. The highest BCUT2D eigenvalue weighted by atomic mass is 127. The molecule has 2 aromatic rings. The summed E-state index contributed by atoms with van der Waals surface area (Å²) in [4.78, 5) is 0. The zero-order chi connectivity index (χ0) is 14.9. The third kappa shape index (κ3) is 3.35. The van der Waals surface area contributed by atoms with Gasteiger partial charge in [0.15, 0.2) is 0 Å². The molecular weight excluding hydrogens is 357 g/mol. The zero-order valence-electron chi connectivity index (χ0n) is 12.9. The molecule has 0 amide bonds. The van der Waals surface area contributed by atoms with E-state index in [0.29, 0.717) is 0 Å². The maximum absolute atomic E-state index is 2.38. The van der Waals surface area contributed by atoms with Gasteiger partial charge in [-0.1, -0.05) is 50.6 Å². The van der Waals surface area contributed by atoms with E-state index in [9.17, 15) is 0 Å². The first-order valence-corrected chi connectivity index (χ1v) is 7.89. The lowest BCUT2D eigenvalue weighted by molar-refractivity contribution is 0.590. The van der Waals surface area contributed by atoms with Crippen molar-refractivity contribution in [3.05, 3.63) is 59.2 Å². The SMILES string of the molecule is Cc1ccc(N(I)c2ccc(C(C)(C)C)cc2)c(C)c1. The summed E-state index contributed by atoms with van der Waals surface area (Å²) in [5, 5.41) is 0. The molecule has 2 heteroatoms. The van der Waals surface area contributed by atoms with E-state index >= 15 is 0 Å². The number of halogens is 1. The molecule has 0 bridgehead atoms. The van der Waals surface area contributed by atoms with E-state index < -0.39 is 0 Å². The van der Waals surface area contributed by atoms with Crippen LogP contribution in [-0.4, -0.2) is 0 Å². The Labute approximate surface area is 136 Å². The minimum Gasteiger partial charge on any atom is -0.283 e. The minimum absolute atomic E-state index is 0.203. The van der Waals surface area contributed by atoms with Crippen LogP contribution in [0.2, 0.25) is 0 Å². The summed E-state index contributed by atoms with van der Waals surface area (Å²) in [5.74, 6) is 0. The Morgan fingerprint density at radius 1 is 0.900 bits per heavy atom. The van der Waals surface area contributed by atoms with Gasteiger partial charge in [0.2, 0.25) is 0 Å². The van der Waals surface area contributed by atoms with Gasteiger partial charge in [0, 0.05) is 0 Å². The molecule has 2 aromatic carbocycles. The Kier molecular flexibility index (Phi) is 4.43.